The summed E-state index contributed by atoms with van der Waals surface area (Å²) < 4.78 is 1.04. The molecule has 1 heterocycles. The number of benzene rings is 1. The molecule has 0 aliphatic rings. The van der Waals surface area contributed by atoms with Gasteiger partial charge in [-0.3, -0.25) is 4.79 Å². The summed E-state index contributed by atoms with van der Waals surface area (Å²) in [6.45, 7) is 0. The van der Waals surface area contributed by atoms with Crippen LogP contribution in [0.2, 0.25) is 0 Å². The van der Waals surface area contributed by atoms with E-state index in [0.717, 1.165) is 12.0 Å². The monoisotopic (exact) mass is 412 g/mol. The number of halogens is 2. The Morgan fingerprint density at radius 3 is 2.67 bits per heavy atom. The molecule has 21 heavy (non-hydrogen) atoms. The second-order valence-electron chi connectivity index (χ2n) is 4.45. The maximum atomic E-state index is 12.0. The first-order valence-electron chi connectivity index (χ1n) is 6.34. The molecule has 3 N–H and O–H groups in total. The van der Waals surface area contributed by atoms with Crippen LogP contribution in [0.3, 0.4) is 0 Å². The van der Waals surface area contributed by atoms with E-state index in [9.17, 15) is 4.79 Å². The molecule has 1 aromatic heterocycles. The van der Waals surface area contributed by atoms with E-state index in [1.807, 2.05) is 30.3 Å². The van der Waals surface area contributed by atoms with Crippen molar-refractivity contribution in [2.24, 2.45) is 5.73 Å². The van der Waals surface area contributed by atoms with Crippen LogP contribution in [0.25, 0.3) is 0 Å². The van der Waals surface area contributed by atoms with Gasteiger partial charge in [0.25, 0.3) is 0 Å². The maximum Gasteiger partial charge on any atom is 0.242 e. The van der Waals surface area contributed by atoms with Crippen molar-refractivity contribution in [2.75, 3.05) is 5.32 Å². The van der Waals surface area contributed by atoms with Gasteiger partial charge in [0, 0.05) is 0 Å². The summed E-state index contributed by atoms with van der Waals surface area (Å²) in [6.07, 6.45) is 2.83. The van der Waals surface area contributed by atoms with Crippen molar-refractivity contribution in [3.63, 3.8) is 0 Å². The van der Waals surface area contributed by atoms with Crippen molar-refractivity contribution < 1.29 is 4.79 Å². The Hall–Kier alpha value is -1.31. The predicted octanol–water partition coefficient (Wildman–Crippen LogP) is 2.90. The van der Waals surface area contributed by atoms with Crippen LogP contribution in [-0.2, 0) is 11.2 Å². The highest BCUT2D eigenvalue weighted by atomic mass is 79.9. The van der Waals surface area contributed by atoms with Crippen LogP contribution in [-0.4, -0.2) is 21.9 Å². The summed E-state index contributed by atoms with van der Waals surface area (Å²) in [5.74, 6) is 0.0848. The zero-order valence-corrected chi connectivity index (χ0v) is 14.3. The number of hydrogen-bond donors (Lipinski definition) is 2. The molecule has 0 radical (unpaired) electrons. The molecule has 1 aromatic carbocycles. The van der Waals surface area contributed by atoms with Crippen molar-refractivity contribution in [1.82, 2.24) is 9.97 Å². The molecule has 0 fully saturated rings. The third-order valence-corrected chi connectivity index (χ3v) is 3.80. The average Bonchev–Trinajstić information content (AvgIpc) is 2.48. The van der Waals surface area contributed by atoms with Crippen molar-refractivity contribution >= 4 is 43.6 Å². The van der Waals surface area contributed by atoms with Crippen LogP contribution in [0.1, 0.15) is 12.0 Å². The number of carbonyl (C=O) groups excluding carboxylic acids is 1. The molecule has 0 aliphatic carbocycles. The highest BCUT2D eigenvalue weighted by Crippen LogP contribution is 2.19. The van der Waals surface area contributed by atoms with Gasteiger partial charge in [0.1, 0.15) is 9.21 Å². The summed E-state index contributed by atoms with van der Waals surface area (Å²) >= 11 is 6.44. The Morgan fingerprint density at radius 2 is 2.00 bits per heavy atom. The summed E-state index contributed by atoms with van der Waals surface area (Å²) in [6, 6.07) is 9.33. The van der Waals surface area contributed by atoms with E-state index in [1.165, 1.54) is 6.20 Å². The maximum absolute atomic E-state index is 12.0. The minimum absolute atomic E-state index is 0.275. The van der Waals surface area contributed by atoms with E-state index in [2.05, 4.69) is 47.1 Å². The zero-order chi connectivity index (χ0) is 15.2. The van der Waals surface area contributed by atoms with Crippen LogP contribution in [0.5, 0.6) is 0 Å². The van der Waals surface area contributed by atoms with Gasteiger partial charge < -0.3 is 11.1 Å². The Labute approximate surface area is 139 Å². The number of carbonyl (C=O) groups is 1. The Balaban J connectivity index is 1.90. The molecule has 1 atom stereocenters. The van der Waals surface area contributed by atoms with Crippen LogP contribution < -0.4 is 11.1 Å². The van der Waals surface area contributed by atoms with Crippen molar-refractivity contribution in [2.45, 2.75) is 18.9 Å². The van der Waals surface area contributed by atoms with Gasteiger partial charge in [0.15, 0.2) is 5.82 Å². The standard InChI is InChI=1S/C14H14Br2N4O/c15-11-8-18-13(12(16)19-11)20-14(21)10(17)7-6-9-4-2-1-3-5-9/h1-5,8,10H,6-7,17H2,(H,18,20,21). The Bertz CT molecular complexity index is 622. The molecule has 0 saturated heterocycles. The van der Waals surface area contributed by atoms with Crippen LogP contribution in [0.4, 0.5) is 5.82 Å². The minimum atomic E-state index is -0.595. The first-order valence-corrected chi connectivity index (χ1v) is 7.93. The average molecular weight is 414 g/mol. The van der Waals surface area contributed by atoms with E-state index in [4.69, 9.17) is 5.73 Å². The Morgan fingerprint density at radius 1 is 1.29 bits per heavy atom. The summed E-state index contributed by atoms with van der Waals surface area (Å²) in [5.41, 5.74) is 7.07. The van der Waals surface area contributed by atoms with E-state index in [0.29, 0.717) is 21.4 Å². The van der Waals surface area contributed by atoms with E-state index in [1.54, 1.807) is 0 Å². The van der Waals surface area contributed by atoms with Gasteiger partial charge in [-0.05, 0) is 50.3 Å². The fourth-order valence-electron chi connectivity index (χ4n) is 1.74. The summed E-state index contributed by atoms with van der Waals surface area (Å²) in [5, 5.41) is 2.67. The van der Waals surface area contributed by atoms with Crippen molar-refractivity contribution in [1.29, 1.82) is 0 Å². The van der Waals surface area contributed by atoms with Crippen LogP contribution in [0, 0.1) is 0 Å². The SMILES string of the molecule is NC(CCc1ccccc1)C(=O)Nc1ncc(Br)nc1Br. The fourth-order valence-corrected chi connectivity index (χ4v) is 2.65. The number of hydrogen-bond acceptors (Lipinski definition) is 4. The molecule has 7 heteroatoms. The lowest BCUT2D eigenvalue weighted by Crippen LogP contribution is -2.36. The van der Waals surface area contributed by atoms with Gasteiger partial charge in [-0.25, -0.2) is 9.97 Å². The molecule has 2 aromatic rings. The molecule has 1 unspecified atom stereocenters. The number of nitrogens with two attached hydrogens (primary N) is 1. The smallest absolute Gasteiger partial charge is 0.242 e. The lowest BCUT2D eigenvalue weighted by molar-refractivity contribution is -0.117. The van der Waals surface area contributed by atoms with Crippen molar-refractivity contribution in [3.8, 4) is 0 Å². The summed E-state index contributed by atoms with van der Waals surface area (Å²) in [4.78, 5) is 20.2. The van der Waals surface area contributed by atoms with Gasteiger partial charge >= 0.3 is 0 Å². The van der Waals surface area contributed by atoms with E-state index in [-0.39, 0.29) is 5.91 Å². The molecule has 0 bridgehead atoms. The number of amides is 1. The molecule has 2 rings (SSSR count). The highest BCUT2D eigenvalue weighted by Gasteiger charge is 2.16. The fraction of sp³-hybridized carbons (Fsp3) is 0.214. The quantitative estimate of drug-likeness (QED) is 0.789. The van der Waals surface area contributed by atoms with Gasteiger partial charge in [0.2, 0.25) is 5.91 Å². The van der Waals surface area contributed by atoms with Crippen LogP contribution >= 0.6 is 31.9 Å². The van der Waals surface area contributed by atoms with Gasteiger partial charge in [-0.2, -0.15) is 0 Å². The molecular formula is C14H14Br2N4O. The minimum Gasteiger partial charge on any atom is -0.320 e. The summed E-state index contributed by atoms with van der Waals surface area (Å²) in [7, 11) is 0. The second kappa shape index (κ2) is 7.63. The first-order chi connectivity index (χ1) is 10.1. The highest BCUT2D eigenvalue weighted by molar-refractivity contribution is 9.11. The topological polar surface area (TPSA) is 80.9 Å². The molecule has 0 spiro atoms. The second-order valence-corrected chi connectivity index (χ2v) is 6.02. The third kappa shape index (κ3) is 4.87. The lowest BCUT2D eigenvalue weighted by atomic mass is 10.1. The molecule has 110 valence electrons. The van der Waals surface area contributed by atoms with Gasteiger partial charge in [0.05, 0.1) is 12.2 Å². The number of rotatable bonds is 5. The number of nitrogens with zero attached hydrogens (tertiary/aromatic N) is 2. The van der Waals surface area contributed by atoms with Crippen molar-refractivity contribution in [3.05, 3.63) is 51.3 Å². The van der Waals surface area contributed by atoms with Gasteiger partial charge in [-0.15, -0.1) is 0 Å². The normalized spacial score (nSPS) is 12.0. The largest absolute Gasteiger partial charge is 0.320 e. The predicted molar refractivity (Wildman–Crippen MR) is 88.8 cm³/mol. The molecule has 5 nitrogen and oxygen atoms in total. The zero-order valence-electron chi connectivity index (χ0n) is 11.1. The van der Waals surface area contributed by atoms with E-state index < -0.39 is 6.04 Å². The number of anilines is 1. The van der Waals surface area contributed by atoms with Gasteiger partial charge in [-0.1, -0.05) is 30.3 Å². The first kappa shape index (κ1) is 16.1. The molecule has 0 saturated carbocycles. The molecular weight excluding hydrogens is 400 g/mol. The Kier molecular flexibility index (Phi) is 5.84. The lowest BCUT2D eigenvalue weighted by Gasteiger charge is -2.12. The number of aromatic nitrogens is 2. The van der Waals surface area contributed by atoms with E-state index >= 15 is 0 Å². The number of aryl methyl sites for hydroxylation is 1. The molecule has 1 amide bonds. The third-order valence-electron chi connectivity index (χ3n) is 2.87. The molecule has 0 aliphatic heterocycles. The van der Waals surface area contributed by atoms with Crippen LogP contribution in [0.15, 0.2) is 45.7 Å². The number of nitrogens with one attached hydrogen (secondary N) is 1.